The minimum absolute atomic E-state index is 0.0945. The largest absolute Gasteiger partial charge is 0.357 e. The van der Waals surface area contributed by atoms with Gasteiger partial charge in [-0.1, -0.05) is 6.07 Å². The van der Waals surface area contributed by atoms with Crippen LogP contribution in [0.1, 0.15) is 13.3 Å². The lowest BCUT2D eigenvalue weighted by atomic mass is 10.3. The minimum Gasteiger partial charge on any atom is -0.357 e. The molecule has 0 radical (unpaired) electrons. The van der Waals surface area contributed by atoms with Gasteiger partial charge in [0.25, 0.3) is 0 Å². The first-order valence-corrected chi connectivity index (χ1v) is 11.8. The summed E-state index contributed by atoms with van der Waals surface area (Å²) in [6.07, 6.45) is 2.41. The molecule has 0 saturated carbocycles. The molecule has 0 bridgehead atoms. The Balaban J connectivity index is 1.51. The molecule has 1 aliphatic heterocycles. The first-order valence-electron chi connectivity index (χ1n) is 9.43. The van der Waals surface area contributed by atoms with Crippen molar-refractivity contribution in [2.75, 3.05) is 37.6 Å². The van der Waals surface area contributed by atoms with Crippen LogP contribution in [0.4, 0.5) is 10.2 Å². The van der Waals surface area contributed by atoms with Crippen LogP contribution >= 0.6 is 11.3 Å². The van der Waals surface area contributed by atoms with E-state index in [0.29, 0.717) is 42.2 Å². The second-order valence-corrected chi connectivity index (χ2v) is 9.42. The van der Waals surface area contributed by atoms with E-state index in [1.54, 1.807) is 29.8 Å². The van der Waals surface area contributed by atoms with Crippen LogP contribution in [0.5, 0.6) is 0 Å². The van der Waals surface area contributed by atoms with Crippen molar-refractivity contribution in [3.63, 3.8) is 0 Å². The number of nitrogens with zero attached hydrogens (tertiary/aromatic N) is 3. The molecule has 2 aromatic rings. The zero-order valence-electron chi connectivity index (χ0n) is 16.1. The lowest BCUT2D eigenvalue weighted by Gasteiger charge is -2.20. The van der Waals surface area contributed by atoms with Crippen molar-refractivity contribution in [2.24, 2.45) is 4.99 Å². The maximum atomic E-state index is 13.9. The summed E-state index contributed by atoms with van der Waals surface area (Å²) in [5, 5.41) is 8.21. The number of aliphatic imine (C=N–C) groups is 1. The van der Waals surface area contributed by atoms with Crippen LogP contribution in [0, 0.1) is 5.82 Å². The number of hydrogen-bond acceptors (Lipinski definition) is 6. The summed E-state index contributed by atoms with van der Waals surface area (Å²) < 4.78 is 41.0. The monoisotopic (exact) mass is 440 g/mol. The number of hydrogen-bond donors (Lipinski definition) is 3. The predicted molar refractivity (Wildman–Crippen MR) is 113 cm³/mol. The lowest BCUT2D eigenvalue weighted by molar-refractivity contribution is 0.584. The number of rotatable bonds is 8. The summed E-state index contributed by atoms with van der Waals surface area (Å²) in [5.41, 5.74) is 0. The molecule has 158 valence electrons. The van der Waals surface area contributed by atoms with E-state index >= 15 is 0 Å². The van der Waals surface area contributed by atoms with Crippen LogP contribution in [-0.2, 0) is 10.0 Å². The molecule has 3 heterocycles. The third kappa shape index (κ3) is 5.87. The van der Waals surface area contributed by atoms with E-state index in [9.17, 15) is 12.8 Å². The third-order valence-corrected chi connectivity index (χ3v) is 7.20. The molecule has 0 spiro atoms. The fraction of sp³-hybridized carbons (Fsp3) is 0.444. The van der Waals surface area contributed by atoms with E-state index in [2.05, 4.69) is 25.3 Å². The summed E-state index contributed by atoms with van der Waals surface area (Å²) >= 11 is 1.18. The van der Waals surface area contributed by atoms with Gasteiger partial charge in [0.15, 0.2) is 17.6 Å². The van der Waals surface area contributed by atoms with Gasteiger partial charge in [0.1, 0.15) is 4.21 Å². The Morgan fingerprint density at radius 1 is 1.41 bits per heavy atom. The molecule has 1 unspecified atom stereocenters. The highest BCUT2D eigenvalue weighted by Gasteiger charge is 2.26. The van der Waals surface area contributed by atoms with Gasteiger partial charge in [-0.3, -0.25) is 4.99 Å². The van der Waals surface area contributed by atoms with Gasteiger partial charge >= 0.3 is 0 Å². The predicted octanol–water partition coefficient (Wildman–Crippen LogP) is 1.39. The van der Waals surface area contributed by atoms with E-state index in [-0.39, 0.29) is 18.4 Å². The number of pyridine rings is 1. The number of guanidine groups is 1. The molecule has 0 aromatic carbocycles. The fourth-order valence-electron chi connectivity index (χ4n) is 3.03. The van der Waals surface area contributed by atoms with Crippen LogP contribution in [0.2, 0.25) is 0 Å². The van der Waals surface area contributed by atoms with Gasteiger partial charge < -0.3 is 15.5 Å². The van der Waals surface area contributed by atoms with Crippen molar-refractivity contribution in [3.8, 4) is 0 Å². The molecule has 29 heavy (non-hydrogen) atoms. The second kappa shape index (κ2) is 9.99. The maximum Gasteiger partial charge on any atom is 0.250 e. The summed E-state index contributed by atoms with van der Waals surface area (Å²) in [6, 6.07) is 6.35. The van der Waals surface area contributed by atoms with Crippen molar-refractivity contribution in [1.82, 2.24) is 20.3 Å². The number of sulfonamides is 1. The number of aromatic nitrogens is 1. The summed E-state index contributed by atoms with van der Waals surface area (Å²) in [5.74, 6) is 0.643. The molecule has 1 saturated heterocycles. The van der Waals surface area contributed by atoms with Crippen molar-refractivity contribution in [3.05, 3.63) is 41.7 Å². The molecule has 3 N–H and O–H groups in total. The van der Waals surface area contributed by atoms with Crippen molar-refractivity contribution in [2.45, 2.75) is 23.6 Å². The molecule has 0 amide bonds. The maximum absolute atomic E-state index is 13.9. The first kappa shape index (κ1) is 21.5. The highest BCUT2D eigenvalue weighted by Crippen LogP contribution is 2.20. The van der Waals surface area contributed by atoms with Crippen LogP contribution in [-0.4, -0.2) is 58.1 Å². The highest BCUT2D eigenvalue weighted by molar-refractivity contribution is 7.91. The molecule has 1 atom stereocenters. The van der Waals surface area contributed by atoms with Crippen molar-refractivity contribution in [1.29, 1.82) is 0 Å². The van der Waals surface area contributed by atoms with Crippen molar-refractivity contribution < 1.29 is 12.8 Å². The van der Waals surface area contributed by atoms with Crippen LogP contribution < -0.4 is 20.3 Å². The van der Waals surface area contributed by atoms with Crippen LogP contribution in [0.3, 0.4) is 0 Å². The van der Waals surface area contributed by atoms with Gasteiger partial charge in [-0.25, -0.2) is 22.5 Å². The number of thiophene rings is 1. The fourth-order valence-corrected chi connectivity index (χ4v) is 5.09. The average Bonchev–Trinajstić information content (AvgIpc) is 3.38. The van der Waals surface area contributed by atoms with Gasteiger partial charge in [0.05, 0.1) is 6.54 Å². The molecule has 11 heteroatoms. The Kier molecular flexibility index (Phi) is 7.40. The molecule has 8 nitrogen and oxygen atoms in total. The number of nitrogens with one attached hydrogen (secondary N) is 3. The Morgan fingerprint density at radius 3 is 3.00 bits per heavy atom. The highest BCUT2D eigenvalue weighted by atomic mass is 32.2. The zero-order valence-corrected chi connectivity index (χ0v) is 17.8. The Labute approximate surface area is 174 Å². The topological polar surface area (TPSA) is 98.7 Å². The van der Waals surface area contributed by atoms with Gasteiger partial charge in [0.2, 0.25) is 10.0 Å². The second-order valence-electron chi connectivity index (χ2n) is 6.48. The number of halogens is 1. The standard InChI is InChI=1S/C18H25FN6O2S2/c1-2-20-18(22-9-10-23-29(26,27)16-6-4-12-28-16)24-14-7-11-25(13-14)17-15(19)5-3-8-21-17/h3-6,8,12,14,23H,2,7,9-11,13H2,1H3,(H2,20,22,24). The minimum atomic E-state index is -3.48. The van der Waals surface area contributed by atoms with E-state index < -0.39 is 10.0 Å². The SMILES string of the molecule is CCNC(=NCCNS(=O)(=O)c1cccs1)NC1CCN(c2ncccc2F)C1. The lowest BCUT2D eigenvalue weighted by Crippen LogP contribution is -2.45. The van der Waals surface area contributed by atoms with Crippen molar-refractivity contribution >= 4 is 33.1 Å². The van der Waals surface area contributed by atoms with E-state index in [1.165, 1.54) is 17.4 Å². The molecule has 0 aliphatic carbocycles. The average molecular weight is 441 g/mol. The summed E-state index contributed by atoms with van der Waals surface area (Å²) in [4.78, 5) is 10.5. The zero-order chi connectivity index (χ0) is 20.7. The smallest absolute Gasteiger partial charge is 0.250 e. The molecular weight excluding hydrogens is 415 g/mol. The molecular formula is C18H25FN6O2S2. The summed E-state index contributed by atoms with van der Waals surface area (Å²) in [6.45, 7) is 4.45. The number of anilines is 1. The third-order valence-electron chi connectivity index (χ3n) is 4.35. The van der Waals surface area contributed by atoms with E-state index in [0.717, 1.165) is 6.42 Å². The molecule has 1 aliphatic rings. The van der Waals surface area contributed by atoms with Gasteiger partial charge in [-0.05, 0) is 36.9 Å². The quantitative estimate of drug-likeness (QED) is 0.326. The van der Waals surface area contributed by atoms with Crippen LogP contribution in [0.15, 0.2) is 45.0 Å². The Bertz CT molecular complexity index is 920. The first-order chi connectivity index (χ1) is 14.0. The Morgan fingerprint density at radius 2 is 2.28 bits per heavy atom. The normalized spacial score (nSPS) is 17.5. The molecule has 1 fully saturated rings. The summed E-state index contributed by atoms with van der Waals surface area (Å²) in [7, 11) is -3.48. The molecule has 3 rings (SSSR count). The van der Waals surface area contributed by atoms with Gasteiger partial charge in [0, 0.05) is 38.4 Å². The van der Waals surface area contributed by atoms with E-state index in [1.807, 2.05) is 11.8 Å². The van der Waals surface area contributed by atoms with Gasteiger partial charge in [-0.2, -0.15) is 0 Å². The van der Waals surface area contributed by atoms with E-state index in [4.69, 9.17) is 0 Å². The molecule has 2 aromatic heterocycles. The van der Waals surface area contributed by atoms with Gasteiger partial charge in [-0.15, -0.1) is 11.3 Å². The Hall–Kier alpha value is -2.24. The van der Waals surface area contributed by atoms with Crippen LogP contribution in [0.25, 0.3) is 0 Å².